The monoisotopic (exact) mass is 262 g/mol. The Kier molecular flexibility index (Phi) is 3.38. The van der Waals surface area contributed by atoms with Crippen molar-refractivity contribution in [3.63, 3.8) is 0 Å². The van der Waals surface area contributed by atoms with E-state index >= 15 is 0 Å². The van der Waals surface area contributed by atoms with E-state index in [1.165, 1.54) is 12.1 Å². The first-order valence-corrected chi connectivity index (χ1v) is 6.90. The maximum Gasteiger partial charge on any atom is 0.204 e. The molecule has 0 saturated carbocycles. The number of hydrogen-bond acceptors (Lipinski definition) is 3. The van der Waals surface area contributed by atoms with Gasteiger partial charge >= 0.3 is 0 Å². The summed E-state index contributed by atoms with van der Waals surface area (Å²) in [5.41, 5.74) is 1.59. The van der Waals surface area contributed by atoms with E-state index in [2.05, 4.69) is 27.1 Å². The average Bonchev–Trinajstić information content (AvgIpc) is 3.04. The van der Waals surface area contributed by atoms with Gasteiger partial charge in [0.1, 0.15) is 5.82 Å². The van der Waals surface area contributed by atoms with Crippen molar-refractivity contribution in [2.75, 3.05) is 24.5 Å². The van der Waals surface area contributed by atoms with Crippen LogP contribution in [0.15, 0.2) is 18.2 Å². The molecule has 19 heavy (non-hydrogen) atoms. The van der Waals surface area contributed by atoms with E-state index < -0.39 is 0 Å². The fraction of sp³-hybridized carbons (Fsp3) is 0.500. The van der Waals surface area contributed by atoms with Gasteiger partial charge in [0, 0.05) is 19.1 Å². The Hall–Kier alpha value is -1.62. The molecule has 102 valence electrons. The Labute approximate surface area is 112 Å². The summed E-state index contributed by atoms with van der Waals surface area (Å²) in [6.07, 6.45) is 2.20. The molecule has 1 aliphatic rings. The number of nitrogens with one attached hydrogen (secondary N) is 2. The van der Waals surface area contributed by atoms with Crippen LogP contribution in [-0.4, -0.2) is 35.6 Å². The van der Waals surface area contributed by atoms with Crippen LogP contribution in [0, 0.1) is 5.82 Å². The molecular weight excluding hydrogens is 243 g/mol. The van der Waals surface area contributed by atoms with Gasteiger partial charge in [-0.2, -0.15) is 0 Å². The van der Waals surface area contributed by atoms with Gasteiger partial charge in [-0.3, -0.25) is 0 Å². The predicted octanol–water partition coefficient (Wildman–Crippen LogP) is 2.28. The summed E-state index contributed by atoms with van der Waals surface area (Å²) in [5.74, 6) is 0.628. The van der Waals surface area contributed by atoms with Crippen molar-refractivity contribution in [3.8, 4) is 0 Å². The molecule has 1 unspecified atom stereocenters. The summed E-state index contributed by atoms with van der Waals surface area (Å²) in [6.45, 7) is 5.18. The van der Waals surface area contributed by atoms with Gasteiger partial charge in [0.15, 0.2) is 0 Å². The third-order valence-electron chi connectivity index (χ3n) is 3.64. The van der Waals surface area contributed by atoms with E-state index in [1.54, 1.807) is 6.07 Å². The maximum atomic E-state index is 13.2. The van der Waals surface area contributed by atoms with Crippen LogP contribution in [0.1, 0.15) is 19.8 Å². The molecule has 2 heterocycles. The second kappa shape index (κ2) is 5.17. The Morgan fingerprint density at radius 1 is 1.47 bits per heavy atom. The number of halogens is 1. The first-order valence-electron chi connectivity index (χ1n) is 6.90. The highest BCUT2D eigenvalue weighted by atomic mass is 19.1. The van der Waals surface area contributed by atoms with Crippen LogP contribution < -0.4 is 10.2 Å². The predicted molar refractivity (Wildman–Crippen MR) is 75.0 cm³/mol. The number of rotatable bonds is 4. The number of aromatic amines is 1. The highest BCUT2D eigenvalue weighted by Crippen LogP contribution is 2.22. The lowest BCUT2D eigenvalue weighted by Crippen LogP contribution is -2.38. The van der Waals surface area contributed by atoms with E-state index in [0.717, 1.165) is 49.5 Å². The first kappa shape index (κ1) is 12.4. The molecular formula is C14H19FN4. The van der Waals surface area contributed by atoms with E-state index in [4.69, 9.17) is 0 Å². The summed E-state index contributed by atoms with van der Waals surface area (Å²) < 4.78 is 13.2. The zero-order chi connectivity index (χ0) is 13.2. The van der Waals surface area contributed by atoms with Gasteiger partial charge in [-0.25, -0.2) is 9.37 Å². The molecule has 1 aromatic heterocycles. The molecule has 0 radical (unpaired) electrons. The lowest BCUT2D eigenvalue weighted by atomic mass is 10.2. The minimum absolute atomic E-state index is 0.229. The number of imidazole rings is 1. The molecule has 2 N–H and O–H groups in total. The lowest BCUT2D eigenvalue weighted by Gasteiger charge is -2.27. The summed E-state index contributed by atoms with van der Waals surface area (Å²) in [6, 6.07) is 5.16. The summed E-state index contributed by atoms with van der Waals surface area (Å²) >= 11 is 0. The van der Waals surface area contributed by atoms with Crippen LogP contribution in [0.2, 0.25) is 0 Å². The lowest BCUT2D eigenvalue weighted by molar-refractivity contribution is 0.613. The molecule has 1 aliphatic heterocycles. The van der Waals surface area contributed by atoms with Crippen LogP contribution in [0.25, 0.3) is 11.0 Å². The SMILES string of the molecule is CCCN(c1nc2ccc(F)cc2[nH]1)C1CCNC1. The minimum atomic E-state index is -0.229. The number of H-pyrrole nitrogens is 1. The molecule has 1 fully saturated rings. The van der Waals surface area contributed by atoms with Crippen molar-refractivity contribution < 1.29 is 4.39 Å². The van der Waals surface area contributed by atoms with Gasteiger partial charge in [-0.05, 0) is 37.6 Å². The zero-order valence-electron chi connectivity index (χ0n) is 11.1. The maximum absolute atomic E-state index is 13.2. The van der Waals surface area contributed by atoms with Crippen LogP contribution in [0.5, 0.6) is 0 Å². The number of fused-ring (bicyclic) bond motifs is 1. The minimum Gasteiger partial charge on any atom is -0.338 e. The molecule has 3 rings (SSSR count). The molecule has 0 spiro atoms. The molecule has 0 bridgehead atoms. The quantitative estimate of drug-likeness (QED) is 0.888. The summed E-state index contributed by atoms with van der Waals surface area (Å²) in [5, 5.41) is 3.38. The smallest absolute Gasteiger partial charge is 0.204 e. The summed E-state index contributed by atoms with van der Waals surface area (Å²) in [4.78, 5) is 10.1. The van der Waals surface area contributed by atoms with Crippen molar-refractivity contribution >= 4 is 17.0 Å². The van der Waals surface area contributed by atoms with Crippen LogP contribution in [-0.2, 0) is 0 Å². The van der Waals surface area contributed by atoms with Gasteiger partial charge in [-0.15, -0.1) is 0 Å². The van der Waals surface area contributed by atoms with E-state index in [9.17, 15) is 4.39 Å². The number of nitrogens with zero attached hydrogens (tertiary/aromatic N) is 2. The van der Waals surface area contributed by atoms with Crippen LogP contribution >= 0.6 is 0 Å². The largest absolute Gasteiger partial charge is 0.338 e. The van der Waals surface area contributed by atoms with E-state index in [-0.39, 0.29) is 5.82 Å². The Morgan fingerprint density at radius 3 is 3.11 bits per heavy atom. The highest BCUT2D eigenvalue weighted by molar-refractivity contribution is 5.77. The molecule has 5 heteroatoms. The second-order valence-electron chi connectivity index (χ2n) is 5.06. The van der Waals surface area contributed by atoms with Gasteiger partial charge in [0.05, 0.1) is 11.0 Å². The Bertz CT molecular complexity index is 560. The van der Waals surface area contributed by atoms with Gasteiger partial charge < -0.3 is 15.2 Å². The average molecular weight is 262 g/mol. The molecule has 1 saturated heterocycles. The topological polar surface area (TPSA) is 44.0 Å². The number of hydrogen-bond donors (Lipinski definition) is 2. The molecule has 2 aromatic rings. The fourth-order valence-electron chi connectivity index (χ4n) is 2.71. The number of anilines is 1. The van der Waals surface area contributed by atoms with Gasteiger partial charge in [0.2, 0.25) is 5.95 Å². The van der Waals surface area contributed by atoms with Crippen molar-refractivity contribution in [1.82, 2.24) is 15.3 Å². The van der Waals surface area contributed by atoms with Crippen molar-refractivity contribution in [1.29, 1.82) is 0 Å². The van der Waals surface area contributed by atoms with Gasteiger partial charge in [0.25, 0.3) is 0 Å². The van der Waals surface area contributed by atoms with Crippen molar-refractivity contribution in [3.05, 3.63) is 24.0 Å². The van der Waals surface area contributed by atoms with Gasteiger partial charge in [-0.1, -0.05) is 6.92 Å². The van der Waals surface area contributed by atoms with E-state index in [1.807, 2.05) is 0 Å². The molecule has 4 nitrogen and oxygen atoms in total. The van der Waals surface area contributed by atoms with Crippen LogP contribution in [0.3, 0.4) is 0 Å². The Morgan fingerprint density at radius 2 is 2.37 bits per heavy atom. The molecule has 1 aromatic carbocycles. The number of benzene rings is 1. The molecule has 1 atom stereocenters. The molecule has 0 amide bonds. The number of aromatic nitrogens is 2. The third kappa shape index (κ3) is 2.42. The van der Waals surface area contributed by atoms with Crippen LogP contribution in [0.4, 0.5) is 10.3 Å². The standard InChI is InChI=1S/C14H19FN4/c1-2-7-19(11-5-6-16-9-11)14-17-12-4-3-10(15)8-13(12)18-14/h3-4,8,11,16H,2,5-7,9H2,1H3,(H,17,18). The normalized spacial score (nSPS) is 19.2. The first-order chi connectivity index (χ1) is 9.28. The Balaban J connectivity index is 1.94. The summed E-state index contributed by atoms with van der Waals surface area (Å²) in [7, 11) is 0. The van der Waals surface area contributed by atoms with Crippen molar-refractivity contribution in [2.24, 2.45) is 0 Å². The highest BCUT2D eigenvalue weighted by Gasteiger charge is 2.24. The van der Waals surface area contributed by atoms with E-state index in [0.29, 0.717) is 6.04 Å². The zero-order valence-corrected chi connectivity index (χ0v) is 11.1. The van der Waals surface area contributed by atoms with Crippen molar-refractivity contribution in [2.45, 2.75) is 25.8 Å². The second-order valence-corrected chi connectivity index (χ2v) is 5.06. The third-order valence-corrected chi connectivity index (χ3v) is 3.64. The fourth-order valence-corrected chi connectivity index (χ4v) is 2.71. The molecule has 0 aliphatic carbocycles.